The first-order valence-electron chi connectivity index (χ1n) is 10.1. The molecule has 3 N–H and O–H groups in total. The molecule has 1 saturated heterocycles. The molecule has 0 saturated carbocycles. The van der Waals surface area contributed by atoms with Gasteiger partial charge in [0.15, 0.2) is 0 Å². The van der Waals surface area contributed by atoms with E-state index >= 15 is 0 Å². The molecule has 1 aliphatic rings. The number of nitrogens with zero attached hydrogens (tertiary/aromatic N) is 2. The fourth-order valence-electron chi connectivity index (χ4n) is 3.65. The molecule has 2 heterocycles. The number of hydrogen-bond donors (Lipinski definition) is 3. The van der Waals surface area contributed by atoms with Gasteiger partial charge in [0.1, 0.15) is 0 Å². The molecule has 168 valence electrons. The highest BCUT2D eigenvalue weighted by molar-refractivity contribution is 5.83. The number of halogens is 3. The second-order valence-corrected chi connectivity index (χ2v) is 7.47. The zero-order valence-electron chi connectivity index (χ0n) is 17.2. The van der Waals surface area contributed by atoms with Crippen LogP contribution in [-0.4, -0.2) is 41.4 Å². The highest BCUT2D eigenvalue weighted by atomic mass is 19.4. The molecule has 0 aliphatic carbocycles. The quantitative estimate of drug-likeness (QED) is 0.554. The number of fused-ring (bicyclic) bond motifs is 1. The van der Waals surface area contributed by atoms with E-state index < -0.39 is 12.1 Å². The number of nitriles is 1. The fraction of sp³-hybridized carbons (Fsp3) is 0.304. The zero-order valence-corrected chi connectivity index (χ0v) is 17.2. The van der Waals surface area contributed by atoms with E-state index in [0.29, 0.717) is 11.6 Å². The van der Waals surface area contributed by atoms with Gasteiger partial charge in [-0.3, -0.25) is 0 Å². The first-order valence-corrected chi connectivity index (χ1v) is 10.1. The summed E-state index contributed by atoms with van der Waals surface area (Å²) < 4.78 is 31.7. The summed E-state index contributed by atoms with van der Waals surface area (Å²) in [6.07, 6.45) is -0.785. The second kappa shape index (κ2) is 10.2. The Morgan fingerprint density at radius 2 is 1.78 bits per heavy atom. The summed E-state index contributed by atoms with van der Waals surface area (Å²) in [7, 11) is 0. The maximum atomic E-state index is 10.6. The summed E-state index contributed by atoms with van der Waals surface area (Å²) in [5.74, 6) is -2.76. The molecule has 0 atom stereocenters. The molecule has 2 aromatic carbocycles. The molecule has 4 rings (SSSR count). The van der Waals surface area contributed by atoms with Gasteiger partial charge in [-0.15, -0.1) is 0 Å². The number of carboxylic acid groups (broad SMARTS) is 1. The number of carbonyl (C=O) groups is 1. The number of aromatic amines is 1. The lowest BCUT2D eigenvalue weighted by molar-refractivity contribution is -0.192. The van der Waals surface area contributed by atoms with Crippen LogP contribution in [0.15, 0.2) is 54.7 Å². The number of piperidine rings is 1. The SMILES string of the molecule is N#Cc1ccc(CN(c2ccc3[nH]ccc3c2)C2CCNCC2)cc1.O=C(O)C(F)(F)F. The molecule has 0 spiro atoms. The van der Waals surface area contributed by atoms with Crippen molar-refractivity contribution >= 4 is 22.6 Å². The predicted octanol–water partition coefficient (Wildman–Crippen LogP) is 4.43. The van der Waals surface area contributed by atoms with Crippen molar-refractivity contribution in [1.29, 1.82) is 5.26 Å². The summed E-state index contributed by atoms with van der Waals surface area (Å²) in [5.41, 5.74) is 4.40. The smallest absolute Gasteiger partial charge is 0.475 e. The lowest BCUT2D eigenvalue weighted by Gasteiger charge is -2.36. The monoisotopic (exact) mass is 444 g/mol. The molecular formula is C23H23F3N4O2. The van der Waals surface area contributed by atoms with Crippen LogP contribution in [0.25, 0.3) is 10.9 Å². The van der Waals surface area contributed by atoms with E-state index in [1.54, 1.807) is 0 Å². The molecule has 0 unspecified atom stereocenters. The maximum Gasteiger partial charge on any atom is 0.490 e. The van der Waals surface area contributed by atoms with Crippen LogP contribution >= 0.6 is 0 Å². The molecule has 0 amide bonds. The van der Waals surface area contributed by atoms with Crippen LogP contribution in [0, 0.1) is 11.3 Å². The minimum Gasteiger partial charge on any atom is -0.475 e. The van der Waals surface area contributed by atoms with Gasteiger partial charge in [-0.25, -0.2) is 4.79 Å². The third-order valence-electron chi connectivity index (χ3n) is 5.30. The Bertz CT molecular complexity index is 1080. The average molecular weight is 444 g/mol. The third kappa shape index (κ3) is 6.02. The zero-order chi connectivity index (χ0) is 23.1. The van der Waals surface area contributed by atoms with Crippen LogP contribution in [0.3, 0.4) is 0 Å². The number of benzene rings is 2. The van der Waals surface area contributed by atoms with Gasteiger partial charge >= 0.3 is 12.1 Å². The van der Waals surface area contributed by atoms with Gasteiger partial charge in [0.05, 0.1) is 11.6 Å². The third-order valence-corrected chi connectivity index (χ3v) is 5.30. The number of nitrogens with one attached hydrogen (secondary N) is 2. The number of hydrogen-bond acceptors (Lipinski definition) is 4. The number of H-pyrrole nitrogens is 1. The van der Waals surface area contributed by atoms with Crippen molar-refractivity contribution in [3.05, 3.63) is 65.9 Å². The van der Waals surface area contributed by atoms with E-state index in [1.165, 1.54) is 22.2 Å². The normalized spacial score (nSPS) is 14.3. The Hall–Kier alpha value is -3.51. The molecule has 32 heavy (non-hydrogen) atoms. The maximum absolute atomic E-state index is 10.6. The van der Waals surface area contributed by atoms with Crippen LogP contribution in [0.4, 0.5) is 18.9 Å². The Morgan fingerprint density at radius 3 is 2.38 bits per heavy atom. The van der Waals surface area contributed by atoms with Crippen molar-refractivity contribution < 1.29 is 23.1 Å². The van der Waals surface area contributed by atoms with Gasteiger partial charge in [0.25, 0.3) is 0 Å². The molecule has 0 radical (unpaired) electrons. The lowest BCUT2D eigenvalue weighted by atomic mass is 10.0. The first-order chi connectivity index (χ1) is 15.3. The number of alkyl halides is 3. The second-order valence-electron chi connectivity index (χ2n) is 7.47. The van der Waals surface area contributed by atoms with Crippen LogP contribution in [0.1, 0.15) is 24.0 Å². The van der Waals surface area contributed by atoms with Crippen molar-refractivity contribution in [2.75, 3.05) is 18.0 Å². The van der Waals surface area contributed by atoms with E-state index in [1.807, 2.05) is 18.3 Å². The molecule has 9 heteroatoms. The summed E-state index contributed by atoms with van der Waals surface area (Å²) in [4.78, 5) is 14.7. The summed E-state index contributed by atoms with van der Waals surface area (Å²) >= 11 is 0. The number of carboxylic acids is 1. The Morgan fingerprint density at radius 1 is 1.12 bits per heavy atom. The molecule has 1 aromatic heterocycles. The number of aliphatic carboxylic acids is 1. The first kappa shape index (κ1) is 23.2. The van der Waals surface area contributed by atoms with Gasteiger partial charge in [0, 0.05) is 35.4 Å². The highest BCUT2D eigenvalue weighted by Gasteiger charge is 2.38. The Labute approximate surface area is 183 Å². The van der Waals surface area contributed by atoms with Crippen molar-refractivity contribution in [2.24, 2.45) is 0 Å². The minimum atomic E-state index is -5.08. The molecule has 1 fully saturated rings. The topological polar surface area (TPSA) is 92.2 Å². The largest absolute Gasteiger partial charge is 0.490 e. The summed E-state index contributed by atoms with van der Waals surface area (Å²) in [6, 6.07) is 19.5. The van der Waals surface area contributed by atoms with E-state index in [0.717, 1.165) is 32.5 Å². The molecule has 0 bridgehead atoms. The lowest BCUT2D eigenvalue weighted by Crippen LogP contribution is -2.43. The standard InChI is InChI=1S/C21H22N4.C2HF3O2/c22-14-16-1-3-17(4-2-16)15-25(19-8-10-23-11-9-19)20-5-6-21-18(13-20)7-12-24-21;3-2(4,5)1(6)7/h1-7,12-13,19,23-24H,8-11,15H2;(H,6,7). The van der Waals surface area contributed by atoms with Crippen molar-refractivity contribution in [2.45, 2.75) is 31.6 Å². The van der Waals surface area contributed by atoms with Gasteiger partial charge in [-0.1, -0.05) is 12.1 Å². The summed E-state index contributed by atoms with van der Waals surface area (Å²) in [5, 5.41) is 20.8. The average Bonchev–Trinajstić information content (AvgIpc) is 3.26. The number of aromatic nitrogens is 1. The van der Waals surface area contributed by atoms with Gasteiger partial charge in [-0.05, 0) is 67.9 Å². The van der Waals surface area contributed by atoms with Gasteiger partial charge in [0.2, 0.25) is 0 Å². The van der Waals surface area contributed by atoms with E-state index in [4.69, 9.17) is 15.2 Å². The molecular weight excluding hydrogens is 421 g/mol. The fourth-order valence-corrected chi connectivity index (χ4v) is 3.65. The van der Waals surface area contributed by atoms with Crippen LogP contribution in [-0.2, 0) is 11.3 Å². The van der Waals surface area contributed by atoms with Gasteiger partial charge < -0.3 is 20.3 Å². The highest BCUT2D eigenvalue weighted by Crippen LogP contribution is 2.27. The van der Waals surface area contributed by atoms with Crippen LogP contribution < -0.4 is 10.2 Å². The van der Waals surface area contributed by atoms with Crippen LogP contribution in [0.5, 0.6) is 0 Å². The molecule has 6 nitrogen and oxygen atoms in total. The van der Waals surface area contributed by atoms with Crippen molar-refractivity contribution in [1.82, 2.24) is 10.3 Å². The summed E-state index contributed by atoms with van der Waals surface area (Å²) in [6.45, 7) is 3.01. The predicted molar refractivity (Wildman–Crippen MR) is 115 cm³/mol. The Kier molecular flexibility index (Phi) is 7.38. The van der Waals surface area contributed by atoms with E-state index in [-0.39, 0.29) is 0 Å². The Balaban J connectivity index is 0.000000360. The van der Waals surface area contributed by atoms with Crippen LogP contribution in [0.2, 0.25) is 0 Å². The van der Waals surface area contributed by atoms with Crippen molar-refractivity contribution in [3.63, 3.8) is 0 Å². The van der Waals surface area contributed by atoms with E-state index in [2.05, 4.69) is 57.7 Å². The number of rotatable bonds is 4. The van der Waals surface area contributed by atoms with Gasteiger partial charge in [-0.2, -0.15) is 18.4 Å². The minimum absolute atomic E-state index is 0.535. The number of anilines is 1. The van der Waals surface area contributed by atoms with E-state index in [9.17, 15) is 13.2 Å². The van der Waals surface area contributed by atoms with Crippen molar-refractivity contribution in [3.8, 4) is 6.07 Å². The molecule has 3 aromatic rings. The molecule has 1 aliphatic heterocycles.